The molecule has 1 fully saturated rings. The standard InChI is InChI=1S/C12H16Cl2N2O/c1-8-5-10(13)9(11(14)15-8)6-16-4-3-12(2,17)7-16/h5,17H,3-4,6-7H2,1-2H3. The van der Waals surface area contributed by atoms with Crippen LogP contribution < -0.4 is 0 Å². The minimum atomic E-state index is -0.600. The first-order chi connectivity index (χ1) is 7.87. The summed E-state index contributed by atoms with van der Waals surface area (Å²) in [5.41, 5.74) is 1.06. The van der Waals surface area contributed by atoms with Gasteiger partial charge in [-0.3, -0.25) is 4.90 Å². The number of β-amino-alcohol motifs (C(OH)–C–C–N with tert-alkyl or cyclic N) is 1. The van der Waals surface area contributed by atoms with E-state index in [-0.39, 0.29) is 0 Å². The molecule has 5 heteroatoms. The van der Waals surface area contributed by atoms with Gasteiger partial charge < -0.3 is 5.11 Å². The Morgan fingerprint density at radius 1 is 1.53 bits per heavy atom. The maximum absolute atomic E-state index is 9.90. The minimum Gasteiger partial charge on any atom is -0.389 e. The van der Waals surface area contributed by atoms with Crippen LogP contribution in [-0.4, -0.2) is 33.7 Å². The van der Waals surface area contributed by atoms with Crippen molar-refractivity contribution in [2.24, 2.45) is 0 Å². The molecule has 1 unspecified atom stereocenters. The fraction of sp³-hybridized carbons (Fsp3) is 0.583. The third-order valence-electron chi connectivity index (χ3n) is 3.06. The van der Waals surface area contributed by atoms with Gasteiger partial charge in [0, 0.05) is 35.9 Å². The smallest absolute Gasteiger partial charge is 0.135 e. The summed E-state index contributed by atoms with van der Waals surface area (Å²) in [5, 5.41) is 11.0. The maximum atomic E-state index is 9.90. The molecule has 0 saturated carbocycles. The number of likely N-dealkylation sites (tertiary alicyclic amines) is 1. The molecule has 17 heavy (non-hydrogen) atoms. The topological polar surface area (TPSA) is 36.4 Å². The number of aliphatic hydroxyl groups is 1. The lowest BCUT2D eigenvalue weighted by Gasteiger charge is -2.19. The molecule has 1 atom stereocenters. The van der Waals surface area contributed by atoms with Crippen LogP contribution in [0.2, 0.25) is 10.2 Å². The van der Waals surface area contributed by atoms with E-state index in [1.807, 2.05) is 19.9 Å². The molecule has 3 nitrogen and oxygen atoms in total. The lowest BCUT2D eigenvalue weighted by molar-refractivity contribution is 0.0679. The molecule has 2 heterocycles. The summed E-state index contributed by atoms with van der Waals surface area (Å²) in [6, 6.07) is 1.82. The Kier molecular flexibility index (Phi) is 3.64. The monoisotopic (exact) mass is 274 g/mol. The summed E-state index contributed by atoms with van der Waals surface area (Å²) < 4.78 is 0. The lowest BCUT2D eigenvalue weighted by atomic mass is 10.1. The number of pyridine rings is 1. The van der Waals surface area contributed by atoms with Gasteiger partial charge in [-0.25, -0.2) is 4.98 Å². The molecule has 0 aliphatic carbocycles. The fourth-order valence-corrected chi connectivity index (χ4v) is 2.81. The molecular formula is C12H16Cl2N2O. The number of aromatic nitrogens is 1. The summed E-state index contributed by atoms with van der Waals surface area (Å²) in [5.74, 6) is 0. The van der Waals surface area contributed by atoms with Crippen molar-refractivity contribution in [2.75, 3.05) is 13.1 Å². The van der Waals surface area contributed by atoms with Gasteiger partial charge in [0.2, 0.25) is 0 Å². The average molecular weight is 275 g/mol. The Morgan fingerprint density at radius 2 is 2.24 bits per heavy atom. The van der Waals surface area contributed by atoms with Gasteiger partial charge in [0.15, 0.2) is 0 Å². The molecule has 1 aromatic rings. The minimum absolute atomic E-state index is 0.460. The van der Waals surface area contributed by atoms with E-state index in [4.69, 9.17) is 23.2 Å². The van der Waals surface area contributed by atoms with Crippen LogP contribution in [0.1, 0.15) is 24.6 Å². The Labute approximate surface area is 111 Å². The highest BCUT2D eigenvalue weighted by atomic mass is 35.5. The summed E-state index contributed by atoms with van der Waals surface area (Å²) >= 11 is 12.3. The van der Waals surface area contributed by atoms with Crippen LogP contribution in [0.4, 0.5) is 0 Å². The summed E-state index contributed by atoms with van der Waals surface area (Å²) in [4.78, 5) is 6.35. The fourth-order valence-electron chi connectivity index (χ4n) is 2.16. The highest BCUT2D eigenvalue weighted by Crippen LogP contribution is 2.28. The van der Waals surface area contributed by atoms with Crippen molar-refractivity contribution in [3.05, 3.63) is 27.5 Å². The second kappa shape index (κ2) is 4.73. The molecule has 0 radical (unpaired) electrons. The Hall–Kier alpha value is -0.350. The van der Waals surface area contributed by atoms with Gasteiger partial charge in [-0.15, -0.1) is 0 Å². The molecule has 94 valence electrons. The lowest BCUT2D eigenvalue weighted by Crippen LogP contribution is -2.29. The van der Waals surface area contributed by atoms with E-state index in [1.54, 1.807) is 0 Å². The van der Waals surface area contributed by atoms with Crippen molar-refractivity contribution in [3.63, 3.8) is 0 Å². The zero-order chi connectivity index (χ0) is 12.6. The van der Waals surface area contributed by atoms with Gasteiger partial charge in [-0.05, 0) is 26.3 Å². The first-order valence-electron chi connectivity index (χ1n) is 5.64. The molecule has 0 aromatic carbocycles. The maximum Gasteiger partial charge on any atom is 0.135 e. The predicted octanol–water partition coefficient (Wildman–Crippen LogP) is 2.65. The molecule has 2 rings (SSSR count). The van der Waals surface area contributed by atoms with E-state index in [0.29, 0.717) is 23.3 Å². The van der Waals surface area contributed by atoms with Crippen molar-refractivity contribution in [3.8, 4) is 0 Å². The van der Waals surface area contributed by atoms with Gasteiger partial charge in [0.25, 0.3) is 0 Å². The third-order valence-corrected chi connectivity index (χ3v) is 3.71. The van der Waals surface area contributed by atoms with E-state index in [9.17, 15) is 5.11 Å². The molecule has 0 spiro atoms. The molecular weight excluding hydrogens is 259 g/mol. The molecule has 0 bridgehead atoms. The second-order valence-electron chi connectivity index (χ2n) is 4.97. The molecule has 1 aromatic heterocycles. The van der Waals surface area contributed by atoms with E-state index in [0.717, 1.165) is 24.2 Å². The largest absolute Gasteiger partial charge is 0.389 e. The second-order valence-corrected chi connectivity index (χ2v) is 5.74. The van der Waals surface area contributed by atoms with E-state index in [2.05, 4.69) is 9.88 Å². The van der Waals surface area contributed by atoms with Gasteiger partial charge in [-0.2, -0.15) is 0 Å². The Bertz CT molecular complexity index is 412. The van der Waals surface area contributed by atoms with E-state index in [1.165, 1.54) is 0 Å². The summed E-state index contributed by atoms with van der Waals surface area (Å²) in [7, 11) is 0. The first-order valence-corrected chi connectivity index (χ1v) is 6.39. The molecule has 1 saturated heterocycles. The highest BCUT2D eigenvalue weighted by Gasteiger charge is 2.31. The predicted molar refractivity (Wildman–Crippen MR) is 69.5 cm³/mol. The molecule has 0 amide bonds. The Morgan fingerprint density at radius 3 is 2.76 bits per heavy atom. The SMILES string of the molecule is Cc1cc(Cl)c(CN2CCC(C)(O)C2)c(Cl)n1. The van der Waals surface area contributed by atoms with Crippen molar-refractivity contribution in [1.82, 2.24) is 9.88 Å². The molecule has 1 aliphatic heterocycles. The number of aryl methyl sites for hydroxylation is 1. The summed E-state index contributed by atoms with van der Waals surface area (Å²) in [6.07, 6.45) is 0.779. The van der Waals surface area contributed by atoms with Crippen LogP contribution in [0, 0.1) is 6.92 Å². The highest BCUT2D eigenvalue weighted by molar-refractivity contribution is 6.35. The molecule has 1 N–H and O–H groups in total. The number of hydrogen-bond donors (Lipinski definition) is 1. The number of halogens is 2. The van der Waals surface area contributed by atoms with Crippen molar-refractivity contribution in [2.45, 2.75) is 32.4 Å². The van der Waals surface area contributed by atoms with E-state index >= 15 is 0 Å². The third kappa shape index (κ3) is 3.10. The Balaban J connectivity index is 2.15. The summed E-state index contributed by atoms with van der Waals surface area (Å²) in [6.45, 7) is 5.86. The van der Waals surface area contributed by atoms with Crippen LogP contribution in [0.25, 0.3) is 0 Å². The van der Waals surface area contributed by atoms with Crippen LogP contribution in [-0.2, 0) is 6.54 Å². The van der Waals surface area contributed by atoms with Crippen LogP contribution >= 0.6 is 23.2 Å². The number of rotatable bonds is 2. The molecule has 1 aliphatic rings. The zero-order valence-electron chi connectivity index (χ0n) is 10.0. The van der Waals surface area contributed by atoms with Gasteiger partial charge >= 0.3 is 0 Å². The van der Waals surface area contributed by atoms with Crippen molar-refractivity contribution < 1.29 is 5.11 Å². The van der Waals surface area contributed by atoms with E-state index < -0.39 is 5.60 Å². The number of hydrogen-bond acceptors (Lipinski definition) is 3. The van der Waals surface area contributed by atoms with Gasteiger partial charge in [0.1, 0.15) is 5.15 Å². The quantitative estimate of drug-likeness (QED) is 0.843. The first kappa shape index (κ1) is 13.1. The van der Waals surface area contributed by atoms with Gasteiger partial charge in [-0.1, -0.05) is 23.2 Å². The normalized spacial score (nSPS) is 25.5. The average Bonchev–Trinajstić information content (AvgIpc) is 2.52. The van der Waals surface area contributed by atoms with Crippen LogP contribution in [0.3, 0.4) is 0 Å². The van der Waals surface area contributed by atoms with Crippen molar-refractivity contribution >= 4 is 23.2 Å². The zero-order valence-corrected chi connectivity index (χ0v) is 11.5. The number of nitrogens with zero attached hydrogens (tertiary/aromatic N) is 2. The van der Waals surface area contributed by atoms with Crippen LogP contribution in [0.5, 0.6) is 0 Å². The van der Waals surface area contributed by atoms with Crippen LogP contribution in [0.15, 0.2) is 6.07 Å². The van der Waals surface area contributed by atoms with Crippen molar-refractivity contribution in [1.29, 1.82) is 0 Å². The van der Waals surface area contributed by atoms with Gasteiger partial charge in [0.05, 0.1) is 5.60 Å².